The summed E-state index contributed by atoms with van der Waals surface area (Å²) in [6.07, 6.45) is 8.21. The lowest BCUT2D eigenvalue weighted by molar-refractivity contribution is -0.114. The van der Waals surface area contributed by atoms with Crippen LogP contribution in [-0.2, 0) is 4.79 Å². The molecule has 17 heavy (non-hydrogen) atoms. The Balaban J connectivity index is 3.48. The Bertz CT molecular complexity index is 245. The minimum absolute atomic E-state index is 0.293. The monoisotopic (exact) mass is 260 g/mol. The van der Waals surface area contributed by atoms with Gasteiger partial charge in [-0.15, -0.1) is 0 Å². The van der Waals surface area contributed by atoms with Crippen molar-refractivity contribution in [3.63, 3.8) is 0 Å². The number of aliphatic hydroxyl groups excluding tert-OH is 1. The van der Waals surface area contributed by atoms with Gasteiger partial charge in [0.2, 0.25) is 5.91 Å². The van der Waals surface area contributed by atoms with Crippen LogP contribution < -0.4 is 5.73 Å². The van der Waals surface area contributed by atoms with Gasteiger partial charge in [-0.2, -0.15) is 0 Å². The van der Waals surface area contributed by atoms with E-state index in [0.717, 1.165) is 32.2 Å². The van der Waals surface area contributed by atoms with Gasteiger partial charge < -0.3 is 15.1 Å². The van der Waals surface area contributed by atoms with Gasteiger partial charge in [-0.1, -0.05) is 38.5 Å². The van der Waals surface area contributed by atoms with E-state index >= 15 is 0 Å². The molecule has 0 aliphatic heterocycles. The number of nitrogens with zero attached hydrogens (tertiary/aromatic N) is 1. The van der Waals surface area contributed by atoms with Crippen molar-refractivity contribution in [1.82, 2.24) is 4.31 Å². The molecule has 1 amide bonds. The number of nitrogens with two attached hydrogens (primary N) is 1. The molecule has 0 unspecified atom stereocenters. The Kier molecular flexibility index (Phi) is 10.1. The highest BCUT2D eigenvalue weighted by atomic mass is 32.1. The third-order valence-corrected chi connectivity index (χ3v) is 2.84. The number of amides is 1. The van der Waals surface area contributed by atoms with E-state index in [4.69, 9.17) is 10.8 Å². The zero-order chi connectivity index (χ0) is 13.1. The van der Waals surface area contributed by atoms with Crippen LogP contribution >= 0.6 is 12.8 Å². The van der Waals surface area contributed by atoms with Crippen molar-refractivity contribution in [2.45, 2.75) is 45.4 Å². The number of primary amides is 1. The average Bonchev–Trinajstić information content (AvgIpc) is 2.27. The first-order chi connectivity index (χ1) is 8.07. The van der Waals surface area contributed by atoms with E-state index in [1.165, 1.54) is 12.8 Å². The molecular weight excluding hydrogens is 236 g/mol. The Hall–Kier alpha value is -0.680. The molecule has 0 aliphatic carbocycles. The lowest BCUT2D eigenvalue weighted by Crippen LogP contribution is -2.15. The molecule has 0 aromatic rings. The SMILES string of the molecule is C/C(=C/N(S)CCCCCCCCO)C(N)=O. The molecule has 0 aliphatic rings. The van der Waals surface area contributed by atoms with E-state index in [2.05, 4.69) is 12.8 Å². The number of rotatable bonds is 10. The molecular formula is C12H24N2O2S. The fourth-order valence-electron chi connectivity index (χ4n) is 1.44. The number of aliphatic hydroxyl groups is 1. The van der Waals surface area contributed by atoms with Crippen LogP contribution in [0.2, 0.25) is 0 Å². The standard InChI is InChI=1S/C12H24N2O2S/c1-11(12(13)16)10-14(17)8-6-4-2-3-5-7-9-15/h10,15,17H,2-9H2,1H3,(H2,13,16)/b11-10-. The minimum Gasteiger partial charge on any atom is -0.396 e. The number of hydrogen-bond donors (Lipinski definition) is 3. The third kappa shape index (κ3) is 10.2. The molecule has 0 heterocycles. The second-order valence-electron chi connectivity index (χ2n) is 4.18. The van der Waals surface area contributed by atoms with Crippen molar-refractivity contribution >= 4 is 18.7 Å². The Morgan fingerprint density at radius 2 is 1.76 bits per heavy atom. The second kappa shape index (κ2) is 10.5. The average molecular weight is 260 g/mol. The maximum Gasteiger partial charge on any atom is 0.245 e. The zero-order valence-corrected chi connectivity index (χ0v) is 11.5. The molecule has 0 atom stereocenters. The minimum atomic E-state index is -0.409. The van der Waals surface area contributed by atoms with E-state index in [1.54, 1.807) is 17.4 Å². The van der Waals surface area contributed by atoms with Gasteiger partial charge in [0.15, 0.2) is 0 Å². The van der Waals surface area contributed by atoms with Crippen molar-refractivity contribution in [1.29, 1.82) is 0 Å². The van der Waals surface area contributed by atoms with Crippen LogP contribution in [-0.4, -0.2) is 28.5 Å². The summed E-state index contributed by atoms with van der Waals surface area (Å²) in [5, 5.41) is 8.61. The Labute approximate surface area is 109 Å². The molecule has 0 bridgehead atoms. The van der Waals surface area contributed by atoms with Gasteiger partial charge in [0, 0.05) is 24.9 Å². The molecule has 0 rings (SSSR count). The quantitative estimate of drug-likeness (QED) is 0.319. The van der Waals surface area contributed by atoms with Gasteiger partial charge >= 0.3 is 0 Å². The largest absolute Gasteiger partial charge is 0.396 e. The number of thiol groups is 1. The normalized spacial score (nSPS) is 11.6. The van der Waals surface area contributed by atoms with E-state index < -0.39 is 5.91 Å². The highest BCUT2D eigenvalue weighted by molar-refractivity contribution is 7.77. The van der Waals surface area contributed by atoms with Crippen molar-refractivity contribution in [3.8, 4) is 0 Å². The summed E-state index contributed by atoms with van der Waals surface area (Å²) in [5.41, 5.74) is 5.64. The summed E-state index contributed by atoms with van der Waals surface area (Å²) in [5.74, 6) is -0.409. The van der Waals surface area contributed by atoms with Crippen molar-refractivity contribution in [2.75, 3.05) is 13.2 Å². The first-order valence-electron chi connectivity index (χ1n) is 6.12. The first kappa shape index (κ1) is 16.3. The van der Waals surface area contributed by atoms with Crippen LogP contribution in [0.3, 0.4) is 0 Å². The van der Waals surface area contributed by atoms with Gasteiger partial charge in [0.05, 0.1) is 0 Å². The molecule has 0 saturated carbocycles. The van der Waals surface area contributed by atoms with E-state index in [1.807, 2.05) is 0 Å². The van der Waals surface area contributed by atoms with Gasteiger partial charge in [-0.25, -0.2) is 0 Å². The number of unbranched alkanes of at least 4 members (excludes halogenated alkanes) is 5. The first-order valence-corrected chi connectivity index (χ1v) is 6.52. The fourth-order valence-corrected chi connectivity index (χ4v) is 1.76. The smallest absolute Gasteiger partial charge is 0.245 e. The zero-order valence-electron chi connectivity index (χ0n) is 10.6. The van der Waals surface area contributed by atoms with E-state index in [0.29, 0.717) is 12.2 Å². The molecule has 0 aromatic carbocycles. The van der Waals surface area contributed by atoms with Crippen LogP contribution in [0.25, 0.3) is 0 Å². The molecule has 0 aromatic heterocycles. The lowest BCUT2D eigenvalue weighted by Gasteiger charge is -2.12. The number of carbonyl (C=O) groups is 1. The fraction of sp³-hybridized carbons (Fsp3) is 0.750. The molecule has 3 N–H and O–H groups in total. The predicted molar refractivity (Wildman–Crippen MR) is 73.4 cm³/mol. The highest BCUT2D eigenvalue weighted by Gasteiger charge is 2.00. The van der Waals surface area contributed by atoms with Gasteiger partial charge in [-0.05, 0) is 19.8 Å². The molecule has 4 nitrogen and oxygen atoms in total. The summed E-state index contributed by atoms with van der Waals surface area (Å²) >= 11 is 4.24. The molecule has 0 spiro atoms. The van der Waals surface area contributed by atoms with Crippen molar-refractivity contribution < 1.29 is 9.90 Å². The predicted octanol–water partition coefficient (Wildman–Crippen LogP) is 1.86. The Morgan fingerprint density at radius 3 is 2.29 bits per heavy atom. The number of hydrogen-bond acceptors (Lipinski definition) is 4. The number of carbonyl (C=O) groups excluding carboxylic acids is 1. The summed E-state index contributed by atoms with van der Waals surface area (Å²) in [4.78, 5) is 10.8. The summed E-state index contributed by atoms with van der Waals surface area (Å²) < 4.78 is 1.70. The van der Waals surface area contributed by atoms with E-state index in [9.17, 15) is 4.79 Å². The summed E-state index contributed by atoms with van der Waals surface area (Å²) in [6, 6.07) is 0. The van der Waals surface area contributed by atoms with Gasteiger partial charge in [0.1, 0.15) is 0 Å². The van der Waals surface area contributed by atoms with Crippen LogP contribution in [0, 0.1) is 0 Å². The molecule has 0 saturated heterocycles. The van der Waals surface area contributed by atoms with Crippen LogP contribution in [0.4, 0.5) is 0 Å². The van der Waals surface area contributed by atoms with Crippen molar-refractivity contribution in [3.05, 3.63) is 11.8 Å². The Morgan fingerprint density at radius 1 is 1.24 bits per heavy atom. The summed E-state index contributed by atoms with van der Waals surface area (Å²) in [6.45, 7) is 2.79. The van der Waals surface area contributed by atoms with Gasteiger partial charge in [0.25, 0.3) is 0 Å². The topological polar surface area (TPSA) is 66.6 Å². The maximum atomic E-state index is 10.8. The van der Waals surface area contributed by atoms with Crippen LogP contribution in [0.5, 0.6) is 0 Å². The van der Waals surface area contributed by atoms with Crippen LogP contribution in [0.15, 0.2) is 11.8 Å². The molecule has 0 radical (unpaired) electrons. The van der Waals surface area contributed by atoms with E-state index in [-0.39, 0.29) is 0 Å². The lowest BCUT2D eigenvalue weighted by atomic mass is 10.1. The van der Waals surface area contributed by atoms with Crippen molar-refractivity contribution in [2.24, 2.45) is 5.73 Å². The molecule has 100 valence electrons. The van der Waals surface area contributed by atoms with Crippen LogP contribution in [0.1, 0.15) is 45.4 Å². The second-order valence-corrected chi connectivity index (χ2v) is 4.70. The summed E-state index contributed by atoms with van der Waals surface area (Å²) in [7, 11) is 0. The maximum absolute atomic E-state index is 10.8. The van der Waals surface area contributed by atoms with Gasteiger partial charge in [-0.3, -0.25) is 4.79 Å². The highest BCUT2D eigenvalue weighted by Crippen LogP contribution is 2.08. The molecule has 0 fully saturated rings. The molecule has 5 heteroatoms. The third-order valence-electron chi connectivity index (χ3n) is 2.53.